The summed E-state index contributed by atoms with van der Waals surface area (Å²) in [4.78, 5) is 9.33. The van der Waals surface area contributed by atoms with Crippen molar-refractivity contribution in [3.05, 3.63) is 52.4 Å². The number of aromatic nitrogens is 1. The van der Waals surface area contributed by atoms with Gasteiger partial charge in [-0.3, -0.25) is 4.90 Å². The second kappa shape index (κ2) is 6.92. The van der Waals surface area contributed by atoms with Gasteiger partial charge in [-0.1, -0.05) is 6.07 Å². The van der Waals surface area contributed by atoms with E-state index in [0.29, 0.717) is 17.6 Å². The van der Waals surface area contributed by atoms with Crippen molar-refractivity contribution in [1.29, 1.82) is 0 Å². The second-order valence-corrected chi connectivity index (χ2v) is 7.84. The van der Waals surface area contributed by atoms with Crippen molar-refractivity contribution in [2.75, 3.05) is 38.2 Å². The Balaban J connectivity index is 1.36. The van der Waals surface area contributed by atoms with E-state index in [2.05, 4.69) is 36.8 Å². The normalized spacial score (nSPS) is 23.1. The molecular formula is C19H21BrFN3O. The van der Waals surface area contributed by atoms with Crippen LogP contribution in [0.1, 0.15) is 5.56 Å². The standard InChI is InChI=1S/C19H21BrFN3O/c1-25-18-4-2-13(6-17(18)21)8-23-9-14-11-24(12-15(14)10-23)19-5-3-16(20)7-22-19/h2-7,14-15H,8-12H2,1H3. The Morgan fingerprint density at radius 3 is 2.52 bits per heavy atom. The van der Waals surface area contributed by atoms with E-state index in [0.717, 1.165) is 48.6 Å². The maximum Gasteiger partial charge on any atom is 0.165 e. The first-order valence-electron chi connectivity index (χ1n) is 8.53. The predicted molar refractivity (Wildman–Crippen MR) is 99.4 cm³/mol. The fourth-order valence-corrected chi connectivity index (χ4v) is 4.26. The number of methoxy groups -OCH3 is 1. The van der Waals surface area contributed by atoms with E-state index in [4.69, 9.17) is 4.74 Å². The molecule has 0 radical (unpaired) electrons. The van der Waals surface area contributed by atoms with Crippen LogP contribution < -0.4 is 9.64 Å². The summed E-state index contributed by atoms with van der Waals surface area (Å²) in [6.45, 7) is 5.01. The molecule has 2 aromatic rings. The van der Waals surface area contributed by atoms with Crippen molar-refractivity contribution in [3.8, 4) is 5.75 Å². The molecule has 2 fully saturated rings. The summed E-state index contributed by atoms with van der Waals surface area (Å²) < 4.78 is 19.9. The number of anilines is 1. The van der Waals surface area contributed by atoms with Gasteiger partial charge in [0.1, 0.15) is 5.82 Å². The van der Waals surface area contributed by atoms with Crippen LogP contribution in [0.25, 0.3) is 0 Å². The van der Waals surface area contributed by atoms with E-state index in [1.807, 2.05) is 18.3 Å². The minimum absolute atomic E-state index is 0.285. The van der Waals surface area contributed by atoms with Crippen LogP contribution in [-0.4, -0.2) is 43.2 Å². The lowest BCUT2D eigenvalue weighted by atomic mass is 10.0. The number of halogens is 2. The van der Waals surface area contributed by atoms with Gasteiger partial charge in [0.05, 0.1) is 7.11 Å². The molecule has 132 valence electrons. The third kappa shape index (κ3) is 3.51. The van der Waals surface area contributed by atoms with Gasteiger partial charge < -0.3 is 9.64 Å². The number of hydrogen-bond donors (Lipinski definition) is 0. The third-order valence-corrected chi connectivity index (χ3v) is 5.69. The Kier molecular flexibility index (Phi) is 4.65. The van der Waals surface area contributed by atoms with Gasteiger partial charge in [-0.2, -0.15) is 0 Å². The Morgan fingerprint density at radius 1 is 1.16 bits per heavy atom. The van der Waals surface area contributed by atoms with Gasteiger partial charge in [0.2, 0.25) is 0 Å². The van der Waals surface area contributed by atoms with Crippen LogP contribution in [0.4, 0.5) is 10.2 Å². The first kappa shape index (κ1) is 16.8. The quantitative estimate of drug-likeness (QED) is 0.777. The topological polar surface area (TPSA) is 28.6 Å². The van der Waals surface area contributed by atoms with Crippen molar-refractivity contribution in [2.24, 2.45) is 11.8 Å². The lowest BCUT2D eigenvalue weighted by molar-refractivity contribution is 0.307. The van der Waals surface area contributed by atoms with Crippen LogP contribution in [-0.2, 0) is 6.54 Å². The van der Waals surface area contributed by atoms with Gasteiger partial charge in [-0.25, -0.2) is 9.37 Å². The minimum Gasteiger partial charge on any atom is -0.494 e. The highest BCUT2D eigenvalue weighted by Crippen LogP contribution is 2.34. The number of rotatable bonds is 4. The molecular weight excluding hydrogens is 385 g/mol. The first-order chi connectivity index (χ1) is 12.1. The van der Waals surface area contributed by atoms with Gasteiger partial charge in [0.15, 0.2) is 11.6 Å². The molecule has 4 nitrogen and oxygen atoms in total. The molecule has 0 aliphatic carbocycles. The summed E-state index contributed by atoms with van der Waals surface area (Å²) in [5.41, 5.74) is 1.00. The van der Waals surface area contributed by atoms with Crippen LogP contribution in [0.3, 0.4) is 0 Å². The smallest absolute Gasteiger partial charge is 0.165 e. The van der Waals surface area contributed by atoms with Gasteiger partial charge >= 0.3 is 0 Å². The van der Waals surface area contributed by atoms with Crippen LogP contribution in [0.15, 0.2) is 41.0 Å². The first-order valence-corrected chi connectivity index (χ1v) is 9.33. The number of fused-ring (bicyclic) bond motifs is 1. The highest BCUT2D eigenvalue weighted by molar-refractivity contribution is 9.10. The average Bonchev–Trinajstić information content (AvgIpc) is 3.14. The lowest BCUT2D eigenvalue weighted by Crippen LogP contribution is -2.29. The Labute approximate surface area is 155 Å². The molecule has 4 rings (SSSR count). The molecule has 1 aromatic carbocycles. The van der Waals surface area contributed by atoms with Gasteiger partial charge in [0, 0.05) is 43.4 Å². The summed E-state index contributed by atoms with van der Waals surface area (Å²) in [5, 5.41) is 0. The van der Waals surface area contributed by atoms with Crippen molar-refractivity contribution >= 4 is 21.7 Å². The van der Waals surface area contributed by atoms with Crippen LogP contribution >= 0.6 is 15.9 Å². The summed E-state index contributed by atoms with van der Waals surface area (Å²) >= 11 is 3.43. The van der Waals surface area contributed by atoms with E-state index < -0.39 is 0 Å². The highest BCUT2D eigenvalue weighted by Gasteiger charge is 2.40. The van der Waals surface area contributed by atoms with Crippen molar-refractivity contribution in [1.82, 2.24) is 9.88 Å². The molecule has 0 spiro atoms. The maximum atomic E-state index is 13.9. The number of pyridine rings is 1. The molecule has 2 aliphatic heterocycles. The fraction of sp³-hybridized carbons (Fsp3) is 0.421. The molecule has 0 N–H and O–H groups in total. The van der Waals surface area contributed by atoms with Crippen LogP contribution in [0, 0.1) is 17.7 Å². The maximum absolute atomic E-state index is 13.9. The van der Waals surface area contributed by atoms with Gasteiger partial charge in [0.25, 0.3) is 0 Å². The van der Waals surface area contributed by atoms with Gasteiger partial charge in [-0.05, 0) is 57.6 Å². The molecule has 0 amide bonds. The Morgan fingerprint density at radius 2 is 1.92 bits per heavy atom. The molecule has 0 bridgehead atoms. The number of nitrogens with zero attached hydrogens (tertiary/aromatic N) is 3. The highest BCUT2D eigenvalue weighted by atomic mass is 79.9. The minimum atomic E-state index is -0.285. The molecule has 6 heteroatoms. The summed E-state index contributed by atoms with van der Waals surface area (Å²) in [6, 6.07) is 9.37. The van der Waals surface area contributed by atoms with E-state index in [1.165, 1.54) is 7.11 Å². The van der Waals surface area contributed by atoms with E-state index in [1.54, 1.807) is 12.1 Å². The zero-order valence-corrected chi connectivity index (χ0v) is 15.7. The average molecular weight is 406 g/mol. The van der Waals surface area contributed by atoms with Crippen LogP contribution in [0.5, 0.6) is 5.75 Å². The Hall–Kier alpha value is -1.66. The zero-order chi connectivity index (χ0) is 17.4. The van der Waals surface area contributed by atoms with Crippen LogP contribution in [0.2, 0.25) is 0 Å². The molecule has 1 aromatic heterocycles. The summed E-state index contributed by atoms with van der Waals surface area (Å²) in [6.07, 6.45) is 1.86. The van der Waals surface area contributed by atoms with E-state index in [9.17, 15) is 4.39 Å². The molecule has 0 saturated carbocycles. The second-order valence-electron chi connectivity index (χ2n) is 6.92. The molecule has 2 unspecified atom stereocenters. The number of benzene rings is 1. The molecule has 25 heavy (non-hydrogen) atoms. The Bertz CT molecular complexity index is 741. The SMILES string of the molecule is COc1ccc(CN2CC3CN(c4ccc(Br)cn4)CC3C2)cc1F. The number of ether oxygens (including phenoxy) is 1. The monoisotopic (exact) mass is 405 g/mol. The summed E-state index contributed by atoms with van der Waals surface area (Å²) in [5.74, 6) is 2.40. The lowest BCUT2D eigenvalue weighted by Gasteiger charge is -2.22. The predicted octanol–water partition coefficient (Wildman–Crippen LogP) is 3.56. The molecule has 2 saturated heterocycles. The number of hydrogen-bond acceptors (Lipinski definition) is 4. The third-order valence-electron chi connectivity index (χ3n) is 5.22. The molecule has 3 heterocycles. The van der Waals surface area contributed by atoms with Crippen molar-refractivity contribution in [3.63, 3.8) is 0 Å². The zero-order valence-electron chi connectivity index (χ0n) is 14.2. The largest absolute Gasteiger partial charge is 0.494 e. The summed E-state index contributed by atoms with van der Waals surface area (Å²) in [7, 11) is 1.49. The fourth-order valence-electron chi connectivity index (χ4n) is 4.03. The molecule has 2 aliphatic rings. The van der Waals surface area contributed by atoms with Crippen molar-refractivity contribution in [2.45, 2.75) is 6.54 Å². The number of likely N-dealkylation sites (tertiary alicyclic amines) is 1. The van der Waals surface area contributed by atoms with Gasteiger partial charge in [-0.15, -0.1) is 0 Å². The molecule has 2 atom stereocenters. The van der Waals surface area contributed by atoms with E-state index >= 15 is 0 Å². The van der Waals surface area contributed by atoms with E-state index in [-0.39, 0.29) is 5.82 Å². The van der Waals surface area contributed by atoms with Crippen molar-refractivity contribution < 1.29 is 9.13 Å².